The third-order valence-electron chi connectivity index (χ3n) is 2.94. The zero-order chi connectivity index (χ0) is 14.7. The van der Waals surface area contributed by atoms with Crippen molar-refractivity contribution in [3.63, 3.8) is 0 Å². The average Bonchev–Trinajstić information content (AvgIpc) is 3.19. The van der Waals surface area contributed by atoms with E-state index < -0.39 is 0 Å². The SMILES string of the molecule is CCc1cc(NC(=O)Cc2csc(-c3ccoc3)n2)n[nH]1. The molecule has 0 saturated carbocycles. The van der Waals surface area contributed by atoms with Gasteiger partial charge in [-0.25, -0.2) is 4.98 Å². The number of furan rings is 1. The molecule has 21 heavy (non-hydrogen) atoms. The third-order valence-corrected chi connectivity index (χ3v) is 3.88. The first-order chi connectivity index (χ1) is 10.2. The molecule has 108 valence electrons. The van der Waals surface area contributed by atoms with Gasteiger partial charge in [-0.2, -0.15) is 5.10 Å². The van der Waals surface area contributed by atoms with Gasteiger partial charge in [0.05, 0.1) is 18.4 Å². The van der Waals surface area contributed by atoms with Crippen molar-refractivity contribution < 1.29 is 9.21 Å². The van der Waals surface area contributed by atoms with E-state index in [0.717, 1.165) is 28.4 Å². The molecule has 0 radical (unpaired) electrons. The standard InChI is InChI=1S/C14H14N4O2S/c1-2-10-5-12(18-17-10)16-13(19)6-11-8-21-14(15-11)9-3-4-20-7-9/h3-5,7-8H,2,6H2,1H3,(H2,16,17,18,19). The average molecular weight is 302 g/mol. The molecule has 1 amide bonds. The van der Waals surface area contributed by atoms with Crippen LogP contribution in [0.1, 0.15) is 18.3 Å². The molecule has 0 atom stereocenters. The van der Waals surface area contributed by atoms with Crippen LogP contribution in [0.3, 0.4) is 0 Å². The van der Waals surface area contributed by atoms with Gasteiger partial charge in [-0.1, -0.05) is 6.92 Å². The van der Waals surface area contributed by atoms with E-state index in [4.69, 9.17) is 4.42 Å². The number of carbonyl (C=O) groups is 1. The van der Waals surface area contributed by atoms with E-state index in [1.54, 1.807) is 12.5 Å². The fourth-order valence-electron chi connectivity index (χ4n) is 1.87. The Balaban J connectivity index is 1.62. The fraction of sp³-hybridized carbons (Fsp3) is 0.214. The Morgan fingerprint density at radius 2 is 2.43 bits per heavy atom. The van der Waals surface area contributed by atoms with Crippen molar-refractivity contribution in [3.8, 4) is 10.6 Å². The zero-order valence-corrected chi connectivity index (χ0v) is 12.2. The summed E-state index contributed by atoms with van der Waals surface area (Å²) in [7, 11) is 0. The van der Waals surface area contributed by atoms with Crippen LogP contribution >= 0.6 is 11.3 Å². The lowest BCUT2D eigenvalue weighted by Crippen LogP contribution is -2.14. The lowest BCUT2D eigenvalue weighted by atomic mass is 10.3. The minimum Gasteiger partial charge on any atom is -0.472 e. The van der Waals surface area contributed by atoms with Crippen LogP contribution in [0.2, 0.25) is 0 Å². The predicted molar refractivity (Wildman–Crippen MR) is 80.1 cm³/mol. The van der Waals surface area contributed by atoms with Gasteiger partial charge in [0.15, 0.2) is 5.82 Å². The molecule has 0 saturated heterocycles. The smallest absolute Gasteiger partial charge is 0.231 e. The Kier molecular flexibility index (Phi) is 3.83. The largest absolute Gasteiger partial charge is 0.472 e. The maximum Gasteiger partial charge on any atom is 0.231 e. The van der Waals surface area contributed by atoms with Crippen molar-refractivity contribution in [2.45, 2.75) is 19.8 Å². The van der Waals surface area contributed by atoms with Crippen molar-refractivity contribution in [1.29, 1.82) is 0 Å². The molecule has 0 aromatic carbocycles. The molecule has 6 nitrogen and oxygen atoms in total. The highest BCUT2D eigenvalue weighted by Crippen LogP contribution is 2.24. The Bertz CT molecular complexity index is 730. The number of hydrogen-bond acceptors (Lipinski definition) is 5. The monoisotopic (exact) mass is 302 g/mol. The maximum absolute atomic E-state index is 12.0. The summed E-state index contributed by atoms with van der Waals surface area (Å²) in [6.45, 7) is 2.02. The summed E-state index contributed by atoms with van der Waals surface area (Å²) in [5.74, 6) is 0.412. The van der Waals surface area contributed by atoms with Crippen molar-refractivity contribution in [3.05, 3.63) is 41.4 Å². The molecule has 0 bridgehead atoms. The predicted octanol–water partition coefficient (Wildman–Crippen LogP) is 2.87. The number of aromatic nitrogens is 3. The fourth-order valence-corrected chi connectivity index (χ4v) is 2.67. The molecule has 0 aliphatic heterocycles. The molecule has 7 heteroatoms. The number of thiazole rings is 1. The van der Waals surface area contributed by atoms with Gasteiger partial charge in [0.1, 0.15) is 11.3 Å². The summed E-state index contributed by atoms with van der Waals surface area (Å²) in [5, 5.41) is 12.4. The van der Waals surface area contributed by atoms with Gasteiger partial charge < -0.3 is 9.73 Å². The lowest BCUT2D eigenvalue weighted by molar-refractivity contribution is -0.115. The number of nitrogens with zero attached hydrogens (tertiary/aromatic N) is 2. The van der Waals surface area contributed by atoms with Gasteiger partial charge in [0.2, 0.25) is 5.91 Å². The molecule has 3 aromatic rings. The minimum absolute atomic E-state index is 0.131. The first kappa shape index (κ1) is 13.6. The lowest BCUT2D eigenvalue weighted by Gasteiger charge is -1.98. The summed E-state index contributed by atoms with van der Waals surface area (Å²) >= 11 is 1.49. The number of H-pyrrole nitrogens is 1. The van der Waals surface area contributed by atoms with Gasteiger partial charge in [-0.3, -0.25) is 9.89 Å². The Morgan fingerprint density at radius 3 is 3.14 bits per heavy atom. The van der Waals surface area contributed by atoms with E-state index in [1.807, 2.05) is 24.4 Å². The molecule has 0 fully saturated rings. The van der Waals surface area contributed by atoms with Crippen molar-refractivity contribution >= 4 is 23.1 Å². The number of carbonyl (C=O) groups excluding carboxylic acids is 1. The second-order valence-electron chi connectivity index (χ2n) is 4.51. The number of hydrogen-bond donors (Lipinski definition) is 2. The second kappa shape index (κ2) is 5.92. The topological polar surface area (TPSA) is 83.8 Å². The van der Waals surface area contributed by atoms with Crippen LogP contribution in [0, 0.1) is 0 Å². The minimum atomic E-state index is -0.131. The molecule has 0 unspecified atom stereocenters. The molecule has 0 aliphatic carbocycles. The molecule has 3 rings (SSSR count). The highest BCUT2D eigenvalue weighted by molar-refractivity contribution is 7.13. The molecule has 3 aromatic heterocycles. The van der Waals surface area contributed by atoms with Crippen LogP contribution in [-0.2, 0) is 17.6 Å². The number of anilines is 1. The number of nitrogens with one attached hydrogen (secondary N) is 2. The first-order valence-corrected chi connectivity index (χ1v) is 7.43. The molecular formula is C14H14N4O2S. The summed E-state index contributed by atoms with van der Waals surface area (Å²) < 4.78 is 5.03. The second-order valence-corrected chi connectivity index (χ2v) is 5.37. The van der Waals surface area contributed by atoms with Gasteiger partial charge in [-0.05, 0) is 12.5 Å². The number of aromatic amines is 1. The normalized spacial score (nSPS) is 10.7. The van der Waals surface area contributed by atoms with Gasteiger partial charge in [0, 0.05) is 22.7 Å². The van der Waals surface area contributed by atoms with Crippen molar-refractivity contribution in [2.75, 3.05) is 5.32 Å². The highest BCUT2D eigenvalue weighted by Gasteiger charge is 2.11. The maximum atomic E-state index is 12.0. The summed E-state index contributed by atoms with van der Waals surface area (Å²) in [5.41, 5.74) is 2.65. The summed E-state index contributed by atoms with van der Waals surface area (Å²) in [6.07, 6.45) is 4.32. The van der Waals surface area contributed by atoms with Crippen LogP contribution in [0.5, 0.6) is 0 Å². The summed E-state index contributed by atoms with van der Waals surface area (Å²) in [6, 6.07) is 3.68. The van der Waals surface area contributed by atoms with Crippen LogP contribution in [0.15, 0.2) is 34.5 Å². The molecule has 0 aliphatic rings. The van der Waals surface area contributed by atoms with E-state index >= 15 is 0 Å². The van der Waals surface area contributed by atoms with Crippen LogP contribution in [-0.4, -0.2) is 21.1 Å². The van der Waals surface area contributed by atoms with Crippen LogP contribution in [0.25, 0.3) is 10.6 Å². The van der Waals surface area contributed by atoms with E-state index in [2.05, 4.69) is 20.5 Å². The van der Waals surface area contributed by atoms with Gasteiger partial charge in [0.25, 0.3) is 0 Å². The Morgan fingerprint density at radius 1 is 1.52 bits per heavy atom. The number of amides is 1. The van der Waals surface area contributed by atoms with Crippen molar-refractivity contribution in [2.24, 2.45) is 0 Å². The third kappa shape index (κ3) is 3.19. The Hall–Kier alpha value is -2.41. The van der Waals surface area contributed by atoms with Crippen LogP contribution in [0.4, 0.5) is 5.82 Å². The van der Waals surface area contributed by atoms with E-state index in [-0.39, 0.29) is 12.3 Å². The molecule has 0 spiro atoms. The van der Waals surface area contributed by atoms with E-state index in [0.29, 0.717) is 5.82 Å². The van der Waals surface area contributed by atoms with Crippen LogP contribution < -0.4 is 5.32 Å². The van der Waals surface area contributed by atoms with E-state index in [9.17, 15) is 4.79 Å². The number of rotatable bonds is 5. The molecule has 2 N–H and O–H groups in total. The first-order valence-electron chi connectivity index (χ1n) is 6.55. The van der Waals surface area contributed by atoms with E-state index in [1.165, 1.54) is 11.3 Å². The van der Waals surface area contributed by atoms with Crippen molar-refractivity contribution in [1.82, 2.24) is 15.2 Å². The summed E-state index contributed by atoms with van der Waals surface area (Å²) in [4.78, 5) is 16.4. The quantitative estimate of drug-likeness (QED) is 0.759. The molecule has 3 heterocycles. The Labute approximate surface area is 125 Å². The molecular weight excluding hydrogens is 288 g/mol. The zero-order valence-electron chi connectivity index (χ0n) is 11.4. The number of aryl methyl sites for hydroxylation is 1. The van der Waals surface area contributed by atoms with Gasteiger partial charge in [-0.15, -0.1) is 11.3 Å². The van der Waals surface area contributed by atoms with Gasteiger partial charge >= 0.3 is 0 Å². The highest BCUT2D eigenvalue weighted by atomic mass is 32.1.